The van der Waals surface area contributed by atoms with Gasteiger partial charge in [-0.05, 0) is 51.7 Å². The molecule has 10 rings (SSSR count). The summed E-state index contributed by atoms with van der Waals surface area (Å²) in [6.45, 7) is 9.47. The van der Waals surface area contributed by atoms with E-state index < -0.39 is 59.6 Å². The number of carbonyl (C=O) groups is 6. The molecule has 0 spiro atoms. The van der Waals surface area contributed by atoms with Crippen LogP contribution >= 0.6 is 61.8 Å². The van der Waals surface area contributed by atoms with E-state index in [-0.39, 0.29) is 73.0 Å². The van der Waals surface area contributed by atoms with Crippen LogP contribution in [0.3, 0.4) is 0 Å². The fourth-order valence-corrected chi connectivity index (χ4v) is 12.8. The van der Waals surface area contributed by atoms with Crippen molar-refractivity contribution < 1.29 is 62.0 Å². The number of piperazine rings is 1. The first kappa shape index (κ1) is 66.9. The number of thiazole rings is 2. The van der Waals surface area contributed by atoms with Crippen LogP contribution in [0.5, 0.6) is 0 Å². The molecule has 4 N–H and O–H groups in total. The van der Waals surface area contributed by atoms with Crippen LogP contribution in [0.1, 0.15) is 79.7 Å². The lowest BCUT2D eigenvalue weighted by molar-refractivity contribution is -0.149. The standard InChI is InChI=1S/C27H30ClFN6O6S.C17H14BrClFN3O2S.C12H20N2O3.CH3/c1-3-41-26(38)20-18(13-33-8-9-35-15(11-33)12-34(27(35)39)14-19(40-2)25(36)37)31-23(24-30-7-10-42-24)32-22(20)16-5-4-6-17(29)21(16)28;1-2-25-17(24)12-11(8-18)22-15(16-21-6-7-26-16)23-14(12)9-4-3-5-10(20)13(9)19;1-2-9(11(15)16)7-13-8-10-5-3-4-6-14(10)12(13)17;/h4-7,10,15,19,22H,3,8-9,11-14H2,1-2H3,(H,31,32)(H,36,37);3-7,14H,2,8H2,1H3,(H,22,23);9-10H,2-8H2,1H3,(H,15,16);1H3/q;;;-1/t15-,19?,22-;14-;9?,10-;/m000./s1. The molecule has 6 aliphatic rings. The summed E-state index contributed by atoms with van der Waals surface area (Å²) in [5, 5.41) is 29.8. The van der Waals surface area contributed by atoms with Crippen LogP contribution in [0.2, 0.25) is 10.0 Å². The number of aliphatic imine (C=N–C) groups is 2. The number of aromatic nitrogens is 2. The number of esters is 2. The fraction of sp³-hybridized carbons (Fsp3) is 0.456. The molecule has 22 nitrogen and oxygen atoms in total. The third-order valence-corrected chi connectivity index (χ3v) is 17.8. The van der Waals surface area contributed by atoms with Gasteiger partial charge in [0, 0.05) is 110 Å². The van der Waals surface area contributed by atoms with Crippen molar-refractivity contribution in [1.29, 1.82) is 0 Å². The molecule has 4 saturated heterocycles. The normalized spacial score (nSPS) is 20.8. The summed E-state index contributed by atoms with van der Waals surface area (Å²) >= 11 is 18.7. The highest BCUT2D eigenvalue weighted by Gasteiger charge is 2.44. The van der Waals surface area contributed by atoms with Gasteiger partial charge in [-0.1, -0.05) is 70.3 Å². The molecule has 0 saturated carbocycles. The highest BCUT2D eigenvalue weighted by Crippen LogP contribution is 2.40. The van der Waals surface area contributed by atoms with Crippen LogP contribution in [-0.4, -0.2) is 195 Å². The van der Waals surface area contributed by atoms with Gasteiger partial charge < -0.3 is 62.1 Å². The number of allylic oxidation sites excluding steroid dienone is 1. The van der Waals surface area contributed by atoms with Crippen LogP contribution in [0.25, 0.3) is 0 Å². The number of ether oxygens (including phenoxy) is 3. The zero-order valence-corrected chi connectivity index (χ0v) is 52.6. The van der Waals surface area contributed by atoms with Gasteiger partial charge in [-0.3, -0.25) is 19.7 Å². The van der Waals surface area contributed by atoms with E-state index in [1.165, 1.54) is 65.4 Å². The third kappa shape index (κ3) is 15.4. The van der Waals surface area contributed by atoms with Crippen molar-refractivity contribution in [2.24, 2.45) is 15.9 Å². The number of amides is 4. The van der Waals surface area contributed by atoms with Gasteiger partial charge in [0.2, 0.25) is 0 Å². The predicted molar refractivity (Wildman–Crippen MR) is 324 cm³/mol. The zero-order valence-electron chi connectivity index (χ0n) is 47.9. The Morgan fingerprint density at radius 3 is 1.73 bits per heavy atom. The van der Waals surface area contributed by atoms with Crippen LogP contribution in [-0.2, 0) is 33.4 Å². The Hall–Kier alpha value is -6.62. The van der Waals surface area contributed by atoms with Crippen molar-refractivity contribution in [3.8, 4) is 0 Å². The number of hydrogen-bond acceptors (Lipinski definition) is 18. The third-order valence-electron chi connectivity index (χ3n) is 14.9. The number of amidine groups is 2. The molecular formula is C57H67BrCl2F2N11O11S2-. The van der Waals surface area contributed by atoms with Crippen LogP contribution in [0.4, 0.5) is 18.4 Å². The van der Waals surface area contributed by atoms with Crippen molar-refractivity contribution >= 4 is 109 Å². The smallest absolute Gasteiger partial charge is 0.338 e. The lowest BCUT2D eigenvalue weighted by atomic mass is 9.95. The Morgan fingerprint density at radius 1 is 0.733 bits per heavy atom. The lowest BCUT2D eigenvalue weighted by Crippen LogP contribution is -2.53. The highest BCUT2D eigenvalue weighted by atomic mass is 79.9. The number of piperidine rings is 1. The molecule has 4 aromatic rings. The number of carboxylic acids is 2. The number of carbonyl (C=O) groups excluding carboxylic acids is 4. The van der Waals surface area contributed by atoms with E-state index in [9.17, 15) is 42.7 Å². The minimum Gasteiger partial charge on any atom is -0.481 e. The van der Waals surface area contributed by atoms with Crippen molar-refractivity contribution in [2.75, 3.05) is 84.6 Å². The second kappa shape index (κ2) is 30.8. The van der Waals surface area contributed by atoms with Crippen LogP contribution in [0, 0.1) is 25.0 Å². The number of urea groups is 2. The molecule has 2 aromatic carbocycles. The average Bonchev–Trinajstić information content (AvgIpc) is 1.42. The first-order valence-electron chi connectivity index (χ1n) is 27.5. The molecule has 464 valence electrons. The van der Waals surface area contributed by atoms with Crippen molar-refractivity contribution in [2.45, 2.75) is 76.7 Å². The predicted octanol–water partition coefficient (Wildman–Crippen LogP) is 8.44. The van der Waals surface area contributed by atoms with E-state index in [1.54, 1.807) is 53.6 Å². The Balaban J connectivity index is 0.000000204. The van der Waals surface area contributed by atoms with Gasteiger partial charge in [0.05, 0.1) is 59.0 Å². The number of fused-ring (bicyclic) bond motifs is 2. The summed E-state index contributed by atoms with van der Waals surface area (Å²) in [5.74, 6) is -3.79. The Labute approximate surface area is 523 Å². The summed E-state index contributed by atoms with van der Waals surface area (Å²) in [4.78, 5) is 100. The van der Waals surface area contributed by atoms with Crippen molar-refractivity contribution in [1.82, 2.24) is 45.1 Å². The van der Waals surface area contributed by atoms with E-state index >= 15 is 0 Å². The highest BCUT2D eigenvalue weighted by molar-refractivity contribution is 9.09. The molecular weight excluding hydrogens is 1270 g/mol. The van der Waals surface area contributed by atoms with Gasteiger partial charge in [0.1, 0.15) is 23.7 Å². The van der Waals surface area contributed by atoms with Gasteiger partial charge in [-0.25, -0.2) is 42.7 Å². The SMILES string of the molecule is CCC(CN1C[C@@H]2CCCCN2C1=O)C(=O)O.CCOC(=O)C1=C(CBr)NC(c2nccs2)=N[C@H]1c1cccc(F)c1Cl.CCOC(=O)C1=C(CN2CCN3C(=O)N(CC(OC)C(=O)O)C[C@@H]3C2)NC(c2nccs2)=N[C@H]1c1cccc(F)c1Cl.[CH3-]. The molecule has 0 aliphatic carbocycles. The summed E-state index contributed by atoms with van der Waals surface area (Å²) in [7, 11) is 1.30. The second-order valence-electron chi connectivity index (χ2n) is 20.1. The summed E-state index contributed by atoms with van der Waals surface area (Å²) in [6, 6.07) is 7.02. The number of methoxy groups -OCH3 is 1. The van der Waals surface area contributed by atoms with E-state index in [0.29, 0.717) is 101 Å². The maximum atomic E-state index is 14.6. The molecule has 0 radical (unpaired) electrons. The minimum atomic E-state index is -1.13. The maximum Gasteiger partial charge on any atom is 0.338 e. The van der Waals surface area contributed by atoms with Gasteiger partial charge in [-0.15, -0.1) is 22.7 Å². The number of halogens is 5. The first-order chi connectivity index (χ1) is 40.9. The molecule has 6 atom stereocenters. The molecule has 8 heterocycles. The number of rotatable bonds is 19. The minimum absolute atomic E-state index is 0. The van der Waals surface area contributed by atoms with Gasteiger partial charge in [0.15, 0.2) is 27.8 Å². The van der Waals surface area contributed by atoms with Gasteiger partial charge in [0.25, 0.3) is 0 Å². The topological polar surface area (TPSA) is 261 Å². The molecule has 86 heavy (non-hydrogen) atoms. The largest absolute Gasteiger partial charge is 0.481 e. The Morgan fingerprint density at radius 2 is 1.26 bits per heavy atom. The average molecular weight is 1340 g/mol. The fourth-order valence-electron chi connectivity index (χ4n) is 10.7. The van der Waals surface area contributed by atoms with E-state index in [2.05, 4.69) is 46.4 Å². The summed E-state index contributed by atoms with van der Waals surface area (Å²) in [6.07, 6.45) is 6.07. The van der Waals surface area contributed by atoms with Gasteiger partial charge in [-0.2, -0.15) is 0 Å². The number of alkyl halides is 1. The molecule has 4 amide bonds. The number of hydrogen-bond donors (Lipinski definition) is 4. The number of carboxylic acid groups (broad SMARTS) is 2. The quantitative estimate of drug-likeness (QED) is 0.0390. The molecule has 4 fully saturated rings. The number of aliphatic carboxylic acids is 2. The van der Waals surface area contributed by atoms with Gasteiger partial charge >= 0.3 is 35.9 Å². The van der Waals surface area contributed by atoms with E-state index in [1.807, 2.05) is 17.2 Å². The monoisotopic (exact) mass is 1330 g/mol. The first-order valence-corrected chi connectivity index (χ1v) is 31.1. The molecule has 2 unspecified atom stereocenters. The van der Waals surface area contributed by atoms with Crippen molar-refractivity contribution in [3.63, 3.8) is 0 Å². The number of benzene rings is 2. The number of nitrogens with one attached hydrogen (secondary N) is 2. The van der Waals surface area contributed by atoms with E-state index in [0.717, 1.165) is 19.4 Å². The Kier molecular flexibility index (Phi) is 24.0. The molecule has 6 aliphatic heterocycles. The van der Waals surface area contributed by atoms with E-state index in [4.69, 9.17) is 47.5 Å². The summed E-state index contributed by atoms with van der Waals surface area (Å²) < 4.78 is 44.2. The van der Waals surface area contributed by atoms with Crippen LogP contribution < -0.4 is 10.6 Å². The van der Waals surface area contributed by atoms with Crippen LogP contribution in [0.15, 0.2) is 92.1 Å². The molecule has 2 aromatic heterocycles. The zero-order chi connectivity index (χ0) is 61.1. The maximum absolute atomic E-state index is 14.6. The summed E-state index contributed by atoms with van der Waals surface area (Å²) in [5.41, 5.74) is 2.30. The number of nitrogens with zero attached hydrogens (tertiary/aromatic N) is 9. The van der Waals surface area contributed by atoms with Crippen molar-refractivity contribution in [3.05, 3.63) is 132 Å². The molecule has 29 heteroatoms. The second-order valence-corrected chi connectivity index (χ2v) is 23.2. The Bertz CT molecular complexity index is 3230. The lowest BCUT2D eigenvalue weighted by Gasteiger charge is -2.38. The molecule has 0 bridgehead atoms.